The predicted molar refractivity (Wildman–Crippen MR) is 134 cm³/mol. The van der Waals surface area contributed by atoms with Crippen molar-refractivity contribution in [1.82, 2.24) is 0 Å². The van der Waals surface area contributed by atoms with Gasteiger partial charge in [-0.1, -0.05) is 0 Å². The summed E-state index contributed by atoms with van der Waals surface area (Å²) in [6, 6.07) is 31.8. The third-order valence-corrected chi connectivity index (χ3v) is 14.5. The Kier molecular flexibility index (Phi) is 5.62. The van der Waals surface area contributed by atoms with Gasteiger partial charge in [-0.25, -0.2) is 0 Å². The Labute approximate surface area is 186 Å². The summed E-state index contributed by atoms with van der Waals surface area (Å²) in [7, 11) is 0. The molecule has 0 aliphatic rings. The first-order chi connectivity index (χ1) is 13.9. The van der Waals surface area contributed by atoms with Crippen LogP contribution in [0.3, 0.4) is 0 Å². The summed E-state index contributed by atoms with van der Waals surface area (Å²) in [4.78, 5) is 1.24. The minimum absolute atomic E-state index is 0.742. The van der Waals surface area contributed by atoms with Crippen LogP contribution in [0.15, 0.2) is 91.0 Å². The quantitative estimate of drug-likeness (QED) is 0.278. The number of hydrogen-bond acceptors (Lipinski definition) is 1. The molecule has 0 saturated carbocycles. The van der Waals surface area contributed by atoms with Gasteiger partial charge >= 0.3 is 187 Å². The van der Waals surface area contributed by atoms with Crippen molar-refractivity contribution < 1.29 is 0 Å². The van der Waals surface area contributed by atoms with Crippen LogP contribution in [0.4, 0.5) is 0 Å². The van der Waals surface area contributed by atoms with Gasteiger partial charge in [-0.05, 0) is 0 Å². The van der Waals surface area contributed by atoms with E-state index in [4.69, 9.17) is 22.8 Å². The molecule has 0 aliphatic carbocycles. The minimum atomic E-state index is -3.31. The van der Waals surface area contributed by atoms with E-state index in [1.807, 2.05) is 0 Å². The third kappa shape index (κ3) is 3.35. The molecule has 1 heterocycles. The Morgan fingerprint density at radius 1 is 0.690 bits per heavy atom. The van der Waals surface area contributed by atoms with E-state index < -0.39 is 5.96 Å². The molecule has 0 unspecified atom stereocenters. The summed E-state index contributed by atoms with van der Waals surface area (Å²) in [5.41, 5.74) is 2.41. The van der Waals surface area contributed by atoms with Crippen molar-refractivity contribution in [3.05, 3.63) is 111 Å². The molecule has 0 fully saturated rings. The van der Waals surface area contributed by atoms with Crippen LogP contribution < -0.4 is 15.9 Å². The zero-order valence-corrected chi connectivity index (χ0v) is 19.7. The van der Waals surface area contributed by atoms with Gasteiger partial charge in [0.25, 0.3) is 0 Å². The number of aryl methyl sites for hydroxylation is 1. The van der Waals surface area contributed by atoms with Gasteiger partial charge in [0.05, 0.1) is 0 Å². The van der Waals surface area contributed by atoms with Gasteiger partial charge in [-0.15, -0.1) is 0 Å². The normalized spacial score (nSPS) is 13.0. The van der Waals surface area contributed by atoms with E-state index >= 15 is 0 Å². The van der Waals surface area contributed by atoms with Gasteiger partial charge in [0.1, 0.15) is 0 Å². The van der Waals surface area contributed by atoms with Crippen molar-refractivity contribution in [3.63, 3.8) is 0 Å². The standard InChI is InChI=1S/C25H23Cl2PS/c1-19-24(20(2)29-25(19)26)18-28(27,21-12-6-3-7-13-21,22-14-8-4-9-15-22)23-16-10-5-11-17-23/h3-17H,18H2,1-2H3. The molecule has 0 spiro atoms. The summed E-state index contributed by atoms with van der Waals surface area (Å²) in [6.45, 7) is 4.26. The molecule has 0 aliphatic heterocycles. The molecule has 0 radical (unpaired) electrons. The third-order valence-electron chi connectivity index (χ3n) is 5.75. The molecule has 29 heavy (non-hydrogen) atoms. The Hall–Kier alpha value is -1.63. The van der Waals surface area contributed by atoms with E-state index in [0.29, 0.717) is 0 Å². The monoisotopic (exact) mass is 456 g/mol. The van der Waals surface area contributed by atoms with Crippen molar-refractivity contribution in [2.24, 2.45) is 0 Å². The van der Waals surface area contributed by atoms with Crippen LogP contribution >= 0.6 is 40.1 Å². The van der Waals surface area contributed by atoms with Crippen LogP contribution in [-0.2, 0) is 6.16 Å². The van der Waals surface area contributed by atoms with Crippen LogP contribution in [0.2, 0.25) is 4.34 Å². The molecule has 0 nitrogen and oxygen atoms in total. The van der Waals surface area contributed by atoms with Gasteiger partial charge in [-0.2, -0.15) is 0 Å². The maximum atomic E-state index is 8.15. The molecule has 1 aromatic heterocycles. The van der Waals surface area contributed by atoms with E-state index in [-0.39, 0.29) is 0 Å². The summed E-state index contributed by atoms with van der Waals surface area (Å²) < 4.78 is 0.855. The summed E-state index contributed by atoms with van der Waals surface area (Å²) in [5, 5.41) is 3.54. The Bertz CT molecular complexity index is 1020. The topological polar surface area (TPSA) is 0 Å². The van der Waals surface area contributed by atoms with E-state index in [0.717, 1.165) is 16.1 Å². The van der Waals surface area contributed by atoms with E-state index in [1.54, 1.807) is 11.3 Å². The maximum absolute atomic E-state index is 8.15. The van der Waals surface area contributed by atoms with Crippen molar-refractivity contribution in [1.29, 1.82) is 0 Å². The van der Waals surface area contributed by atoms with Crippen molar-refractivity contribution in [3.8, 4) is 0 Å². The van der Waals surface area contributed by atoms with Gasteiger partial charge in [0.15, 0.2) is 0 Å². The second-order valence-electron chi connectivity index (χ2n) is 7.38. The summed E-state index contributed by atoms with van der Waals surface area (Å²) >= 11 is 16.3. The zero-order valence-electron chi connectivity index (χ0n) is 16.5. The Morgan fingerprint density at radius 3 is 1.38 bits per heavy atom. The van der Waals surface area contributed by atoms with Crippen LogP contribution in [0.1, 0.15) is 16.0 Å². The van der Waals surface area contributed by atoms with Crippen molar-refractivity contribution in [2.75, 3.05) is 0 Å². The molecule has 0 atom stereocenters. The average molecular weight is 457 g/mol. The van der Waals surface area contributed by atoms with Crippen LogP contribution in [-0.4, -0.2) is 0 Å². The van der Waals surface area contributed by atoms with Crippen LogP contribution in [0.25, 0.3) is 0 Å². The molecule has 0 N–H and O–H groups in total. The fourth-order valence-corrected chi connectivity index (χ4v) is 11.8. The second-order valence-corrected chi connectivity index (χ2v) is 15.7. The number of halogens is 2. The molecule has 0 saturated heterocycles. The number of hydrogen-bond donors (Lipinski definition) is 0. The van der Waals surface area contributed by atoms with E-state index in [2.05, 4.69) is 105 Å². The molecule has 0 bridgehead atoms. The van der Waals surface area contributed by atoms with Gasteiger partial charge in [0, 0.05) is 0 Å². The van der Waals surface area contributed by atoms with Gasteiger partial charge in [-0.3, -0.25) is 0 Å². The Balaban J connectivity index is 2.13. The molecule has 4 aromatic rings. The summed E-state index contributed by atoms with van der Waals surface area (Å²) in [5.74, 6) is -3.31. The zero-order chi connectivity index (χ0) is 20.5. The number of benzene rings is 3. The van der Waals surface area contributed by atoms with Gasteiger partial charge in [0.2, 0.25) is 0 Å². The summed E-state index contributed by atoms with van der Waals surface area (Å²) in [6.07, 6.45) is 0.742. The van der Waals surface area contributed by atoms with E-state index in [1.165, 1.54) is 26.4 Å². The second kappa shape index (κ2) is 7.89. The van der Waals surface area contributed by atoms with E-state index in [9.17, 15) is 0 Å². The van der Waals surface area contributed by atoms with Crippen molar-refractivity contribution >= 4 is 56.0 Å². The van der Waals surface area contributed by atoms with Crippen LogP contribution in [0, 0.1) is 13.8 Å². The fourth-order valence-electron chi connectivity index (χ4n) is 4.12. The number of rotatable bonds is 5. The fraction of sp³-hybridized carbons (Fsp3) is 0.120. The van der Waals surface area contributed by atoms with Crippen molar-refractivity contribution in [2.45, 2.75) is 20.0 Å². The first kappa shape index (κ1) is 20.6. The molecular formula is C25H23Cl2PS. The molecule has 148 valence electrons. The molecule has 3 aromatic carbocycles. The number of thiophene rings is 1. The Morgan fingerprint density at radius 2 is 1.07 bits per heavy atom. The molecule has 4 heteroatoms. The predicted octanol–water partition coefficient (Wildman–Crippen LogP) is 7.20. The first-order valence-electron chi connectivity index (χ1n) is 9.59. The van der Waals surface area contributed by atoms with Gasteiger partial charge < -0.3 is 0 Å². The molecular weight excluding hydrogens is 434 g/mol. The van der Waals surface area contributed by atoms with Crippen LogP contribution in [0.5, 0.6) is 0 Å². The molecule has 0 amide bonds. The average Bonchev–Trinajstić information content (AvgIpc) is 3.01. The SMILES string of the molecule is Cc1sc(Cl)c(C)c1CP(Cl)(c1ccccc1)(c1ccccc1)c1ccccc1. The molecule has 4 rings (SSSR count). The first-order valence-corrected chi connectivity index (χ1v) is 14.1.